The molecule has 0 radical (unpaired) electrons. The molecule has 0 aromatic heterocycles. The Hall–Kier alpha value is -0.770. The van der Waals surface area contributed by atoms with Crippen LogP contribution >= 0.6 is 0 Å². The summed E-state index contributed by atoms with van der Waals surface area (Å²) < 4.78 is 5.28. The van der Waals surface area contributed by atoms with Crippen LogP contribution in [0.4, 0.5) is 4.79 Å². The van der Waals surface area contributed by atoms with Gasteiger partial charge in [0.05, 0.1) is 6.61 Å². The van der Waals surface area contributed by atoms with E-state index in [0.717, 1.165) is 12.8 Å². The Morgan fingerprint density at radius 1 is 1.09 bits per heavy atom. The molecule has 3 aliphatic heterocycles. The molecule has 0 saturated carbocycles. The van der Waals surface area contributed by atoms with Gasteiger partial charge in [0, 0.05) is 18.1 Å². The lowest BCUT2D eigenvalue weighted by molar-refractivity contribution is 0.0411. The van der Waals surface area contributed by atoms with Crippen molar-refractivity contribution in [1.29, 1.82) is 0 Å². The number of carbonyl (C=O) groups excluding carboxylic acids is 1. The molecule has 132 valence electrons. The second-order valence-electron chi connectivity index (χ2n) is 8.17. The van der Waals surface area contributed by atoms with Gasteiger partial charge in [0.15, 0.2) is 0 Å². The van der Waals surface area contributed by atoms with E-state index in [0.29, 0.717) is 30.1 Å². The lowest BCUT2D eigenvalue weighted by Gasteiger charge is -2.42. The standard InChI is InChI=1S/C19H34N2O2/c1-4-19(3)9-6-11-20(12-10-19)17-13-15-7-8-16(14-17)21(15)18(22)23-5-2/h15-17H,4-14H2,1-3H3. The van der Waals surface area contributed by atoms with Crippen molar-refractivity contribution in [3.05, 3.63) is 0 Å². The largest absolute Gasteiger partial charge is 0.450 e. The maximum atomic E-state index is 12.2. The van der Waals surface area contributed by atoms with Crippen LogP contribution in [0.15, 0.2) is 0 Å². The summed E-state index contributed by atoms with van der Waals surface area (Å²) in [4.78, 5) is 17.0. The summed E-state index contributed by atoms with van der Waals surface area (Å²) in [5, 5.41) is 0. The van der Waals surface area contributed by atoms with Gasteiger partial charge in [-0.15, -0.1) is 0 Å². The van der Waals surface area contributed by atoms with E-state index in [2.05, 4.69) is 23.6 Å². The van der Waals surface area contributed by atoms with Crippen LogP contribution in [0.25, 0.3) is 0 Å². The zero-order valence-corrected chi connectivity index (χ0v) is 15.2. The monoisotopic (exact) mass is 322 g/mol. The number of nitrogens with zero attached hydrogens (tertiary/aromatic N) is 2. The van der Waals surface area contributed by atoms with Crippen LogP contribution in [-0.2, 0) is 4.74 Å². The summed E-state index contributed by atoms with van der Waals surface area (Å²) in [7, 11) is 0. The first kappa shape index (κ1) is 17.1. The van der Waals surface area contributed by atoms with E-state index >= 15 is 0 Å². The molecule has 3 aliphatic rings. The number of rotatable bonds is 3. The van der Waals surface area contributed by atoms with Crippen LogP contribution in [0.2, 0.25) is 0 Å². The number of hydrogen-bond donors (Lipinski definition) is 0. The number of piperidine rings is 1. The van der Waals surface area contributed by atoms with Crippen molar-refractivity contribution in [2.75, 3.05) is 19.7 Å². The SMILES string of the molecule is CCOC(=O)N1C2CCC1CC(N1CCCC(C)(CC)CC1)C2. The molecule has 3 saturated heterocycles. The van der Waals surface area contributed by atoms with Crippen LogP contribution in [0.1, 0.15) is 72.1 Å². The number of fused-ring (bicyclic) bond motifs is 2. The lowest BCUT2D eigenvalue weighted by Crippen LogP contribution is -2.52. The Labute approximate surface area is 141 Å². The molecule has 3 unspecified atom stereocenters. The van der Waals surface area contributed by atoms with Crippen molar-refractivity contribution in [2.24, 2.45) is 5.41 Å². The Balaban J connectivity index is 1.61. The minimum Gasteiger partial charge on any atom is -0.450 e. The lowest BCUT2D eigenvalue weighted by atomic mass is 9.80. The van der Waals surface area contributed by atoms with Crippen LogP contribution in [-0.4, -0.2) is 53.7 Å². The van der Waals surface area contributed by atoms with Crippen molar-refractivity contribution < 1.29 is 9.53 Å². The third kappa shape index (κ3) is 3.52. The number of carbonyl (C=O) groups is 1. The highest BCUT2D eigenvalue weighted by molar-refractivity contribution is 5.69. The molecule has 23 heavy (non-hydrogen) atoms. The highest BCUT2D eigenvalue weighted by Crippen LogP contribution is 2.40. The Kier molecular flexibility index (Phi) is 5.19. The average Bonchev–Trinajstić information content (AvgIpc) is 2.71. The molecule has 2 bridgehead atoms. The molecule has 4 heteroatoms. The molecule has 0 aromatic carbocycles. The van der Waals surface area contributed by atoms with E-state index in [1.54, 1.807) is 0 Å². The fourth-order valence-corrected chi connectivity index (χ4v) is 5.02. The smallest absolute Gasteiger partial charge is 0.410 e. The highest BCUT2D eigenvalue weighted by Gasteiger charge is 2.45. The van der Waals surface area contributed by atoms with Gasteiger partial charge in [-0.05, 0) is 70.4 Å². The first-order valence-corrected chi connectivity index (χ1v) is 9.75. The Morgan fingerprint density at radius 3 is 2.39 bits per heavy atom. The fourth-order valence-electron chi connectivity index (χ4n) is 5.02. The molecule has 4 nitrogen and oxygen atoms in total. The molecule has 0 aromatic rings. The second-order valence-corrected chi connectivity index (χ2v) is 8.17. The zero-order valence-electron chi connectivity index (χ0n) is 15.2. The number of likely N-dealkylation sites (tertiary alicyclic amines) is 1. The summed E-state index contributed by atoms with van der Waals surface area (Å²) >= 11 is 0. The molecular formula is C19H34N2O2. The third-order valence-electron chi connectivity index (χ3n) is 6.79. The third-order valence-corrected chi connectivity index (χ3v) is 6.79. The quantitative estimate of drug-likeness (QED) is 0.786. The van der Waals surface area contributed by atoms with Crippen LogP contribution in [0, 0.1) is 5.41 Å². The predicted molar refractivity (Wildman–Crippen MR) is 92.5 cm³/mol. The van der Waals surface area contributed by atoms with E-state index in [9.17, 15) is 4.79 Å². The van der Waals surface area contributed by atoms with Gasteiger partial charge in [0.1, 0.15) is 0 Å². The minimum atomic E-state index is -0.0760. The van der Waals surface area contributed by atoms with E-state index in [1.165, 1.54) is 51.6 Å². The van der Waals surface area contributed by atoms with E-state index < -0.39 is 0 Å². The summed E-state index contributed by atoms with van der Waals surface area (Å²) in [6.07, 6.45) is 9.89. The molecular weight excluding hydrogens is 288 g/mol. The summed E-state index contributed by atoms with van der Waals surface area (Å²) in [5.74, 6) is 0. The molecule has 3 atom stereocenters. The van der Waals surface area contributed by atoms with Gasteiger partial charge in [-0.2, -0.15) is 0 Å². The molecule has 1 amide bonds. The van der Waals surface area contributed by atoms with Crippen molar-refractivity contribution in [3.8, 4) is 0 Å². The van der Waals surface area contributed by atoms with Crippen molar-refractivity contribution >= 4 is 6.09 Å². The topological polar surface area (TPSA) is 32.8 Å². The van der Waals surface area contributed by atoms with Gasteiger partial charge in [-0.1, -0.05) is 20.3 Å². The fraction of sp³-hybridized carbons (Fsp3) is 0.947. The van der Waals surface area contributed by atoms with Gasteiger partial charge in [-0.3, -0.25) is 0 Å². The normalized spacial score (nSPS) is 38.4. The van der Waals surface area contributed by atoms with Crippen LogP contribution < -0.4 is 0 Å². The number of amides is 1. The molecule has 0 aliphatic carbocycles. The Bertz CT molecular complexity index is 414. The molecule has 3 fully saturated rings. The second kappa shape index (κ2) is 7.00. The van der Waals surface area contributed by atoms with Gasteiger partial charge in [0.25, 0.3) is 0 Å². The number of hydrogen-bond acceptors (Lipinski definition) is 3. The maximum absolute atomic E-state index is 12.2. The number of ether oxygens (including phenoxy) is 1. The van der Waals surface area contributed by atoms with Gasteiger partial charge < -0.3 is 14.5 Å². The first-order valence-electron chi connectivity index (χ1n) is 9.75. The van der Waals surface area contributed by atoms with E-state index in [4.69, 9.17) is 4.74 Å². The first-order chi connectivity index (χ1) is 11.1. The summed E-state index contributed by atoms with van der Waals surface area (Å²) in [5.41, 5.74) is 0.541. The van der Waals surface area contributed by atoms with Crippen LogP contribution in [0.3, 0.4) is 0 Å². The van der Waals surface area contributed by atoms with E-state index in [-0.39, 0.29) is 6.09 Å². The highest BCUT2D eigenvalue weighted by atomic mass is 16.6. The van der Waals surface area contributed by atoms with E-state index in [1.807, 2.05) is 6.92 Å². The maximum Gasteiger partial charge on any atom is 0.410 e. The van der Waals surface area contributed by atoms with Gasteiger partial charge in [0.2, 0.25) is 0 Å². The summed E-state index contributed by atoms with van der Waals surface area (Å²) in [6, 6.07) is 1.51. The average molecular weight is 322 g/mol. The molecule has 0 spiro atoms. The van der Waals surface area contributed by atoms with Gasteiger partial charge >= 0.3 is 6.09 Å². The molecule has 3 heterocycles. The van der Waals surface area contributed by atoms with Crippen LogP contribution in [0.5, 0.6) is 0 Å². The summed E-state index contributed by atoms with van der Waals surface area (Å²) in [6.45, 7) is 9.68. The van der Waals surface area contributed by atoms with Crippen molar-refractivity contribution in [2.45, 2.75) is 90.3 Å². The minimum absolute atomic E-state index is 0.0760. The predicted octanol–water partition coefficient (Wildman–Crippen LogP) is 4.04. The Morgan fingerprint density at radius 2 is 1.78 bits per heavy atom. The molecule has 3 rings (SSSR count). The molecule has 0 N–H and O–H groups in total. The van der Waals surface area contributed by atoms with Crippen molar-refractivity contribution in [1.82, 2.24) is 9.80 Å². The van der Waals surface area contributed by atoms with Crippen molar-refractivity contribution in [3.63, 3.8) is 0 Å². The zero-order chi connectivity index (χ0) is 16.4. The van der Waals surface area contributed by atoms with Gasteiger partial charge in [-0.25, -0.2) is 4.79 Å².